The van der Waals surface area contributed by atoms with Crippen molar-refractivity contribution in [1.82, 2.24) is 0 Å². The van der Waals surface area contributed by atoms with E-state index < -0.39 is 0 Å². The average Bonchev–Trinajstić information content (AvgIpc) is 2.88. The molecule has 0 aliphatic rings. The third-order valence-corrected chi connectivity index (χ3v) is 6.77. The number of fused-ring (bicyclic) bond motifs is 2. The fourth-order valence-electron chi connectivity index (χ4n) is 4.51. The van der Waals surface area contributed by atoms with Gasteiger partial charge in [0.25, 0.3) is 0 Å². The second-order valence-corrected chi connectivity index (χ2v) is 9.20. The molecule has 0 fully saturated rings. The molecule has 0 N–H and O–H groups in total. The van der Waals surface area contributed by atoms with E-state index in [1.807, 2.05) is 0 Å². The third-order valence-electron chi connectivity index (χ3n) is 6.39. The summed E-state index contributed by atoms with van der Waals surface area (Å²) in [6, 6.07) is 46.2. The number of hydrogen-bond donors (Lipinski definition) is 0. The molecule has 0 nitrogen and oxygen atoms in total. The zero-order valence-electron chi connectivity index (χ0n) is 18.2. The van der Waals surface area contributed by atoms with Crippen LogP contribution in [0.1, 0.15) is 0 Å². The van der Waals surface area contributed by atoms with Crippen LogP contribution in [0.25, 0.3) is 54.9 Å². The normalized spacial score (nSPS) is 11.2. The molecule has 0 aromatic heterocycles. The number of benzene rings is 6. The van der Waals surface area contributed by atoms with Crippen molar-refractivity contribution in [3.8, 4) is 33.4 Å². The standard InChI is InChI=1S/C32H23P/c33-32-17-15-25(16-18-32)30-14-11-26-10-13-29(20-31(26)21-30)24-7-5-23(6-8-24)28-12-9-22-3-1-2-4-27(22)19-28/h1-21H,33H2. The lowest BCUT2D eigenvalue weighted by atomic mass is 9.96. The number of hydrogen-bond acceptors (Lipinski definition) is 0. The molecule has 6 aromatic carbocycles. The highest BCUT2D eigenvalue weighted by molar-refractivity contribution is 7.27. The van der Waals surface area contributed by atoms with Gasteiger partial charge < -0.3 is 0 Å². The van der Waals surface area contributed by atoms with E-state index in [9.17, 15) is 0 Å². The molecule has 0 spiro atoms. The zero-order valence-corrected chi connectivity index (χ0v) is 19.4. The second-order valence-electron chi connectivity index (χ2n) is 8.54. The molecule has 6 rings (SSSR count). The monoisotopic (exact) mass is 438 g/mol. The summed E-state index contributed by atoms with van der Waals surface area (Å²) in [4.78, 5) is 0. The van der Waals surface area contributed by atoms with E-state index in [-0.39, 0.29) is 0 Å². The van der Waals surface area contributed by atoms with E-state index >= 15 is 0 Å². The van der Waals surface area contributed by atoms with E-state index in [0.717, 1.165) is 0 Å². The van der Waals surface area contributed by atoms with Gasteiger partial charge >= 0.3 is 0 Å². The van der Waals surface area contributed by atoms with Gasteiger partial charge in [-0.15, -0.1) is 9.24 Å². The minimum Gasteiger partial charge on any atom is -0.106 e. The molecular weight excluding hydrogens is 415 g/mol. The lowest BCUT2D eigenvalue weighted by Crippen LogP contribution is -1.88. The van der Waals surface area contributed by atoms with Crippen LogP contribution < -0.4 is 5.30 Å². The zero-order chi connectivity index (χ0) is 22.2. The van der Waals surface area contributed by atoms with Crippen LogP contribution in [0.15, 0.2) is 127 Å². The first-order valence-corrected chi connectivity index (χ1v) is 11.8. The molecule has 33 heavy (non-hydrogen) atoms. The van der Waals surface area contributed by atoms with E-state index in [4.69, 9.17) is 0 Å². The fourth-order valence-corrected chi connectivity index (χ4v) is 4.70. The highest BCUT2D eigenvalue weighted by Gasteiger charge is 2.05. The van der Waals surface area contributed by atoms with Crippen LogP contribution in [0, 0.1) is 0 Å². The van der Waals surface area contributed by atoms with E-state index in [2.05, 4.69) is 137 Å². The Morgan fingerprint density at radius 2 is 0.667 bits per heavy atom. The Hall–Kier alpha value is -3.73. The van der Waals surface area contributed by atoms with Crippen molar-refractivity contribution < 1.29 is 0 Å². The lowest BCUT2D eigenvalue weighted by Gasteiger charge is -2.09. The molecule has 156 valence electrons. The third kappa shape index (κ3) is 3.95. The van der Waals surface area contributed by atoms with Gasteiger partial charge in [0.05, 0.1) is 0 Å². The molecule has 0 aliphatic carbocycles. The van der Waals surface area contributed by atoms with Gasteiger partial charge in [-0.05, 0) is 78.4 Å². The summed E-state index contributed by atoms with van der Waals surface area (Å²) < 4.78 is 0. The molecule has 0 saturated heterocycles. The van der Waals surface area contributed by atoms with E-state index in [1.165, 1.54) is 60.2 Å². The molecule has 0 heterocycles. The van der Waals surface area contributed by atoms with Crippen molar-refractivity contribution in [3.63, 3.8) is 0 Å². The van der Waals surface area contributed by atoms with Crippen LogP contribution >= 0.6 is 9.24 Å². The SMILES string of the molecule is Pc1ccc(-c2ccc3ccc(-c4ccc(-c5ccc6ccccc6c5)cc4)cc3c2)cc1. The molecule has 6 aromatic rings. The highest BCUT2D eigenvalue weighted by Crippen LogP contribution is 2.31. The van der Waals surface area contributed by atoms with Crippen LogP contribution in [-0.4, -0.2) is 0 Å². The minimum atomic E-state index is 1.20. The first-order chi connectivity index (χ1) is 16.2. The van der Waals surface area contributed by atoms with Crippen molar-refractivity contribution >= 4 is 36.1 Å². The average molecular weight is 439 g/mol. The molecule has 1 atom stereocenters. The summed E-state index contributed by atoms with van der Waals surface area (Å²) >= 11 is 0. The lowest BCUT2D eigenvalue weighted by molar-refractivity contribution is 1.61. The summed E-state index contributed by atoms with van der Waals surface area (Å²) in [5, 5.41) is 6.28. The Balaban J connectivity index is 1.34. The van der Waals surface area contributed by atoms with Crippen molar-refractivity contribution in [1.29, 1.82) is 0 Å². The first kappa shape index (κ1) is 19.9. The van der Waals surface area contributed by atoms with Gasteiger partial charge in [-0.1, -0.05) is 109 Å². The Morgan fingerprint density at radius 3 is 1.18 bits per heavy atom. The van der Waals surface area contributed by atoms with Crippen LogP contribution in [0.4, 0.5) is 0 Å². The molecule has 0 saturated carbocycles. The Labute approximate surface area is 196 Å². The van der Waals surface area contributed by atoms with Gasteiger partial charge in [0, 0.05) is 0 Å². The molecule has 0 aliphatic heterocycles. The maximum atomic E-state index is 2.75. The molecule has 1 unspecified atom stereocenters. The first-order valence-electron chi connectivity index (χ1n) is 11.2. The van der Waals surface area contributed by atoms with Gasteiger partial charge in [0.15, 0.2) is 0 Å². The largest absolute Gasteiger partial charge is 0.106 e. The Kier molecular flexibility index (Phi) is 5.02. The molecule has 0 radical (unpaired) electrons. The predicted octanol–water partition coefficient (Wildman–Crippen LogP) is 8.49. The predicted molar refractivity (Wildman–Crippen MR) is 147 cm³/mol. The smallest absolute Gasteiger partial charge is 0.0172 e. The summed E-state index contributed by atoms with van der Waals surface area (Å²) in [6.07, 6.45) is 0. The van der Waals surface area contributed by atoms with Crippen molar-refractivity contribution in [3.05, 3.63) is 127 Å². The van der Waals surface area contributed by atoms with Gasteiger partial charge in [-0.2, -0.15) is 0 Å². The summed E-state index contributed by atoms with van der Waals surface area (Å²) in [5.74, 6) is 0. The van der Waals surface area contributed by atoms with E-state index in [1.54, 1.807) is 0 Å². The summed E-state index contributed by atoms with van der Waals surface area (Å²) in [7, 11) is 2.75. The summed E-state index contributed by atoms with van der Waals surface area (Å²) in [5.41, 5.74) is 7.46. The van der Waals surface area contributed by atoms with Crippen LogP contribution in [0.2, 0.25) is 0 Å². The van der Waals surface area contributed by atoms with Gasteiger partial charge in [0.2, 0.25) is 0 Å². The van der Waals surface area contributed by atoms with Crippen LogP contribution in [0.5, 0.6) is 0 Å². The molecular formula is C32H23P. The van der Waals surface area contributed by atoms with E-state index in [0.29, 0.717) is 0 Å². The second kappa shape index (κ2) is 8.32. The van der Waals surface area contributed by atoms with Gasteiger partial charge in [0.1, 0.15) is 0 Å². The Morgan fingerprint density at radius 1 is 0.303 bits per heavy atom. The topological polar surface area (TPSA) is 0 Å². The molecule has 1 heteroatoms. The maximum Gasteiger partial charge on any atom is -0.0172 e. The molecule has 0 amide bonds. The van der Waals surface area contributed by atoms with Crippen molar-refractivity contribution in [2.75, 3.05) is 0 Å². The minimum absolute atomic E-state index is 1.20. The van der Waals surface area contributed by atoms with Crippen LogP contribution in [-0.2, 0) is 0 Å². The van der Waals surface area contributed by atoms with Gasteiger partial charge in [-0.25, -0.2) is 0 Å². The van der Waals surface area contributed by atoms with Crippen molar-refractivity contribution in [2.24, 2.45) is 0 Å². The van der Waals surface area contributed by atoms with Crippen LogP contribution in [0.3, 0.4) is 0 Å². The highest BCUT2D eigenvalue weighted by atomic mass is 31.0. The molecule has 0 bridgehead atoms. The van der Waals surface area contributed by atoms with Crippen molar-refractivity contribution in [2.45, 2.75) is 0 Å². The maximum absolute atomic E-state index is 2.75. The quantitative estimate of drug-likeness (QED) is 0.243. The Bertz CT molecular complexity index is 1590. The fraction of sp³-hybridized carbons (Fsp3) is 0. The van der Waals surface area contributed by atoms with Gasteiger partial charge in [-0.3, -0.25) is 0 Å². The number of rotatable bonds is 3. The summed E-state index contributed by atoms with van der Waals surface area (Å²) in [6.45, 7) is 0.